The topological polar surface area (TPSA) is 49.8 Å². The fourth-order valence-corrected chi connectivity index (χ4v) is 4.00. The summed E-state index contributed by atoms with van der Waals surface area (Å²) < 4.78 is 5.54. The Hall–Kier alpha value is -1.55. The van der Waals surface area contributed by atoms with Crippen molar-refractivity contribution in [3.63, 3.8) is 0 Å². The van der Waals surface area contributed by atoms with Crippen molar-refractivity contribution < 1.29 is 14.6 Å². The van der Waals surface area contributed by atoms with Crippen LogP contribution in [0.1, 0.15) is 45.6 Å². The molecule has 3 rings (SSSR count). The number of ether oxygens (including phenoxy) is 1. The third-order valence-corrected chi connectivity index (χ3v) is 4.94. The Morgan fingerprint density at radius 1 is 1.26 bits per heavy atom. The Morgan fingerprint density at radius 3 is 2.61 bits per heavy atom. The average molecular weight is 317 g/mol. The molecule has 2 bridgehead atoms. The summed E-state index contributed by atoms with van der Waals surface area (Å²) in [5.41, 5.74) is 0.754. The molecule has 1 aromatic carbocycles. The first-order valence-corrected chi connectivity index (χ1v) is 8.58. The molecule has 2 saturated heterocycles. The van der Waals surface area contributed by atoms with Gasteiger partial charge in [-0.05, 0) is 57.9 Å². The van der Waals surface area contributed by atoms with Crippen molar-refractivity contribution in [2.24, 2.45) is 5.92 Å². The molecular formula is C19H27NO3. The summed E-state index contributed by atoms with van der Waals surface area (Å²) in [7, 11) is 0. The highest BCUT2D eigenvalue weighted by atomic mass is 16.6. The van der Waals surface area contributed by atoms with Gasteiger partial charge in [-0.3, -0.25) is 4.90 Å². The van der Waals surface area contributed by atoms with E-state index in [-0.39, 0.29) is 24.1 Å². The smallest absolute Gasteiger partial charge is 0.410 e. The molecule has 4 atom stereocenters. The third kappa shape index (κ3) is 3.52. The Labute approximate surface area is 138 Å². The normalized spacial score (nSPS) is 30.3. The van der Waals surface area contributed by atoms with Crippen molar-refractivity contribution in [3.05, 3.63) is 35.9 Å². The van der Waals surface area contributed by atoms with E-state index in [1.165, 1.54) is 5.56 Å². The number of benzene rings is 1. The minimum Gasteiger partial charge on any atom is -0.444 e. The summed E-state index contributed by atoms with van der Waals surface area (Å²) >= 11 is 0. The van der Waals surface area contributed by atoms with E-state index < -0.39 is 11.7 Å². The van der Waals surface area contributed by atoms with E-state index in [0.29, 0.717) is 0 Å². The fourth-order valence-electron chi connectivity index (χ4n) is 4.00. The number of fused-ring (bicyclic) bond motifs is 2. The van der Waals surface area contributed by atoms with Gasteiger partial charge in [-0.25, -0.2) is 4.79 Å². The number of carbonyl (C=O) groups excluding carboxylic acids is 1. The highest BCUT2D eigenvalue weighted by Gasteiger charge is 2.49. The van der Waals surface area contributed by atoms with Crippen LogP contribution in [0.15, 0.2) is 30.3 Å². The second-order valence-electron chi connectivity index (χ2n) is 7.86. The molecular weight excluding hydrogens is 290 g/mol. The van der Waals surface area contributed by atoms with Gasteiger partial charge in [-0.15, -0.1) is 0 Å². The quantitative estimate of drug-likeness (QED) is 0.910. The minimum absolute atomic E-state index is 0.0997. The molecule has 4 unspecified atom stereocenters. The number of piperidine rings is 1. The average Bonchev–Trinajstić information content (AvgIpc) is 2.82. The molecule has 126 valence electrons. The Kier molecular flexibility index (Phi) is 4.37. The summed E-state index contributed by atoms with van der Waals surface area (Å²) in [6.45, 7) is 5.64. The van der Waals surface area contributed by atoms with Gasteiger partial charge < -0.3 is 9.84 Å². The van der Waals surface area contributed by atoms with E-state index in [1.807, 2.05) is 39.0 Å². The standard InChI is InChI=1S/C19H27NO3/c1-19(2,3)23-18(22)20-15-9-10-16(20)17(21)14(12-15)11-13-7-5-4-6-8-13/h4-8,14-17,21H,9-12H2,1-3H3. The van der Waals surface area contributed by atoms with Crippen LogP contribution in [0.2, 0.25) is 0 Å². The van der Waals surface area contributed by atoms with Crippen molar-refractivity contribution in [1.29, 1.82) is 0 Å². The van der Waals surface area contributed by atoms with Gasteiger partial charge in [0.1, 0.15) is 5.60 Å². The van der Waals surface area contributed by atoms with Gasteiger partial charge in [0.2, 0.25) is 0 Å². The molecule has 0 aliphatic carbocycles. The van der Waals surface area contributed by atoms with E-state index >= 15 is 0 Å². The van der Waals surface area contributed by atoms with Crippen LogP contribution < -0.4 is 0 Å². The number of nitrogens with zero attached hydrogens (tertiary/aromatic N) is 1. The first kappa shape index (κ1) is 16.3. The fraction of sp³-hybridized carbons (Fsp3) is 0.632. The zero-order valence-corrected chi connectivity index (χ0v) is 14.2. The second-order valence-corrected chi connectivity index (χ2v) is 7.86. The van der Waals surface area contributed by atoms with Crippen LogP contribution in [-0.2, 0) is 11.2 Å². The van der Waals surface area contributed by atoms with Gasteiger partial charge in [-0.1, -0.05) is 30.3 Å². The lowest BCUT2D eigenvalue weighted by Crippen LogP contribution is -2.55. The van der Waals surface area contributed by atoms with Crippen molar-refractivity contribution in [1.82, 2.24) is 4.90 Å². The van der Waals surface area contributed by atoms with Gasteiger partial charge >= 0.3 is 6.09 Å². The van der Waals surface area contributed by atoms with Crippen LogP contribution in [0.5, 0.6) is 0 Å². The summed E-state index contributed by atoms with van der Waals surface area (Å²) in [6, 6.07) is 10.4. The lowest BCUT2D eigenvalue weighted by molar-refractivity contribution is -0.0446. The second kappa shape index (κ2) is 6.16. The van der Waals surface area contributed by atoms with Gasteiger partial charge in [0.15, 0.2) is 0 Å². The molecule has 4 nitrogen and oxygen atoms in total. The molecule has 2 heterocycles. The van der Waals surface area contributed by atoms with Crippen LogP contribution in [0.3, 0.4) is 0 Å². The summed E-state index contributed by atoms with van der Waals surface area (Å²) in [4.78, 5) is 14.3. The van der Waals surface area contributed by atoms with Crippen LogP contribution in [0.25, 0.3) is 0 Å². The minimum atomic E-state index is -0.498. The van der Waals surface area contributed by atoms with Crippen molar-refractivity contribution in [2.45, 2.75) is 70.2 Å². The van der Waals surface area contributed by atoms with Crippen molar-refractivity contribution >= 4 is 6.09 Å². The molecule has 23 heavy (non-hydrogen) atoms. The molecule has 0 saturated carbocycles. The molecule has 0 radical (unpaired) electrons. The summed E-state index contributed by atoms with van der Waals surface area (Å²) in [6.07, 6.45) is 2.81. The number of aliphatic hydroxyl groups excluding tert-OH is 1. The molecule has 0 aromatic heterocycles. The zero-order chi connectivity index (χ0) is 16.6. The Bertz CT molecular complexity index is 551. The van der Waals surface area contributed by atoms with Crippen LogP contribution in [0.4, 0.5) is 4.79 Å². The van der Waals surface area contributed by atoms with Crippen molar-refractivity contribution in [2.75, 3.05) is 0 Å². The first-order chi connectivity index (χ1) is 10.8. The summed E-state index contributed by atoms with van der Waals surface area (Å²) in [5, 5.41) is 10.8. The van der Waals surface area contributed by atoms with Crippen molar-refractivity contribution in [3.8, 4) is 0 Å². The Balaban J connectivity index is 1.70. The highest BCUT2D eigenvalue weighted by molar-refractivity contribution is 5.69. The lowest BCUT2D eigenvalue weighted by atomic mass is 9.83. The number of carbonyl (C=O) groups is 1. The number of rotatable bonds is 2. The third-order valence-electron chi connectivity index (χ3n) is 4.94. The highest BCUT2D eigenvalue weighted by Crippen LogP contribution is 2.40. The molecule has 2 aliphatic heterocycles. The molecule has 2 aliphatic rings. The van der Waals surface area contributed by atoms with Crippen LogP contribution in [0, 0.1) is 5.92 Å². The maximum atomic E-state index is 12.5. The number of aliphatic hydroxyl groups is 1. The maximum absolute atomic E-state index is 12.5. The molecule has 1 amide bonds. The van der Waals surface area contributed by atoms with E-state index in [0.717, 1.165) is 25.7 Å². The molecule has 4 heteroatoms. The van der Waals surface area contributed by atoms with Crippen LogP contribution in [-0.4, -0.2) is 39.9 Å². The number of hydrogen-bond acceptors (Lipinski definition) is 3. The molecule has 1 aromatic rings. The summed E-state index contributed by atoms with van der Waals surface area (Å²) in [5.74, 6) is 0.216. The van der Waals surface area contributed by atoms with Gasteiger partial charge in [0.25, 0.3) is 0 Å². The Morgan fingerprint density at radius 2 is 1.96 bits per heavy atom. The van der Waals surface area contributed by atoms with Gasteiger partial charge in [0, 0.05) is 6.04 Å². The van der Waals surface area contributed by atoms with Gasteiger partial charge in [-0.2, -0.15) is 0 Å². The van der Waals surface area contributed by atoms with E-state index in [1.54, 1.807) is 4.90 Å². The van der Waals surface area contributed by atoms with Gasteiger partial charge in [0.05, 0.1) is 12.1 Å². The maximum Gasteiger partial charge on any atom is 0.410 e. The molecule has 0 spiro atoms. The molecule has 2 fully saturated rings. The largest absolute Gasteiger partial charge is 0.444 e. The van der Waals surface area contributed by atoms with Crippen LogP contribution >= 0.6 is 0 Å². The SMILES string of the molecule is CC(C)(C)OC(=O)N1C2CCC1C(O)C(Cc1ccccc1)C2. The number of hydrogen-bond donors (Lipinski definition) is 1. The van der Waals surface area contributed by atoms with E-state index in [9.17, 15) is 9.90 Å². The van der Waals surface area contributed by atoms with E-state index in [4.69, 9.17) is 4.74 Å². The van der Waals surface area contributed by atoms with E-state index in [2.05, 4.69) is 12.1 Å². The lowest BCUT2D eigenvalue weighted by Gasteiger charge is -2.42. The predicted octanol–water partition coefficient (Wildman–Crippen LogP) is 3.38. The molecule has 1 N–H and O–H groups in total. The first-order valence-electron chi connectivity index (χ1n) is 8.58. The predicted molar refractivity (Wildman–Crippen MR) is 89.1 cm³/mol. The zero-order valence-electron chi connectivity index (χ0n) is 14.2. The monoisotopic (exact) mass is 317 g/mol. The number of amides is 1.